The van der Waals surface area contributed by atoms with E-state index in [9.17, 15) is 0 Å². The molecular weight excluding hydrogens is 230 g/mol. The van der Waals surface area contributed by atoms with Crippen molar-refractivity contribution in [1.82, 2.24) is 9.97 Å². The molecule has 1 aliphatic heterocycles. The van der Waals surface area contributed by atoms with Crippen molar-refractivity contribution < 1.29 is 0 Å². The molecule has 0 aliphatic carbocycles. The van der Waals surface area contributed by atoms with Crippen molar-refractivity contribution in [2.45, 2.75) is 32.6 Å². The van der Waals surface area contributed by atoms with Gasteiger partial charge in [-0.05, 0) is 36.2 Å². The van der Waals surface area contributed by atoms with Gasteiger partial charge in [0.1, 0.15) is 12.1 Å². The molecule has 4 heteroatoms. The van der Waals surface area contributed by atoms with Crippen LogP contribution in [0.15, 0.2) is 12.4 Å². The molecule has 94 valence electrons. The first kappa shape index (κ1) is 12.7. The number of hydrogen-bond acceptors (Lipinski definition) is 4. The summed E-state index contributed by atoms with van der Waals surface area (Å²) in [5.41, 5.74) is 1.11. The Hall–Kier alpha value is -0.770. The molecule has 1 fully saturated rings. The molecule has 0 unspecified atom stereocenters. The van der Waals surface area contributed by atoms with Gasteiger partial charge in [0.25, 0.3) is 0 Å². The molecule has 1 N–H and O–H groups in total. The Morgan fingerprint density at radius 2 is 2.12 bits per heavy atom. The highest BCUT2D eigenvalue weighted by atomic mass is 32.2. The second-order valence-electron chi connectivity index (χ2n) is 4.92. The van der Waals surface area contributed by atoms with Gasteiger partial charge in [-0.25, -0.2) is 9.97 Å². The maximum atomic E-state index is 4.28. The molecule has 2 rings (SSSR count). The standard InChI is InChI=1S/C13H21N3S/c1-10(2)12-7-13(16-9-15-12)14-8-11-3-5-17-6-4-11/h7,9-11H,3-6,8H2,1-2H3,(H,14,15,16). The zero-order chi connectivity index (χ0) is 12.1. The summed E-state index contributed by atoms with van der Waals surface area (Å²) in [5.74, 6) is 4.88. The largest absolute Gasteiger partial charge is 0.370 e. The van der Waals surface area contributed by atoms with Crippen molar-refractivity contribution in [3.8, 4) is 0 Å². The molecule has 2 heterocycles. The van der Waals surface area contributed by atoms with Crippen LogP contribution in [0.25, 0.3) is 0 Å². The van der Waals surface area contributed by atoms with Crippen LogP contribution in [0.3, 0.4) is 0 Å². The normalized spacial score (nSPS) is 17.4. The van der Waals surface area contributed by atoms with Crippen LogP contribution in [-0.2, 0) is 0 Å². The molecular formula is C13H21N3S. The van der Waals surface area contributed by atoms with E-state index in [0.29, 0.717) is 5.92 Å². The fraction of sp³-hybridized carbons (Fsp3) is 0.692. The molecule has 0 atom stereocenters. The number of rotatable bonds is 4. The molecule has 0 saturated carbocycles. The molecule has 3 nitrogen and oxygen atoms in total. The molecule has 17 heavy (non-hydrogen) atoms. The highest BCUT2D eigenvalue weighted by Crippen LogP contribution is 2.23. The first-order valence-electron chi connectivity index (χ1n) is 6.39. The Kier molecular flexibility index (Phi) is 4.66. The Balaban J connectivity index is 1.87. The summed E-state index contributed by atoms with van der Waals surface area (Å²) in [6.45, 7) is 5.37. The molecule has 1 aromatic rings. The Morgan fingerprint density at radius 1 is 1.35 bits per heavy atom. The fourth-order valence-corrected chi connectivity index (χ4v) is 3.19. The third-order valence-electron chi connectivity index (χ3n) is 3.19. The summed E-state index contributed by atoms with van der Waals surface area (Å²) >= 11 is 2.07. The number of anilines is 1. The molecule has 0 aromatic carbocycles. The van der Waals surface area contributed by atoms with Crippen molar-refractivity contribution in [3.05, 3.63) is 18.1 Å². The van der Waals surface area contributed by atoms with E-state index < -0.39 is 0 Å². The third kappa shape index (κ3) is 3.87. The molecule has 1 aromatic heterocycles. The summed E-state index contributed by atoms with van der Waals surface area (Å²) in [7, 11) is 0. The zero-order valence-corrected chi connectivity index (χ0v) is 11.5. The maximum absolute atomic E-state index is 4.28. The van der Waals surface area contributed by atoms with E-state index in [4.69, 9.17) is 0 Å². The monoisotopic (exact) mass is 251 g/mol. The van der Waals surface area contributed by atoms with Crippen LogP contribution in [0.1, 0.15) is 38.3 Å². The highest BCUT2D eigenvalue weighted by Gasteiger charge is 2.13. The number of thioether (sulfide) groups is 1. The highest BCUT2D eigenvalue weighted by molar-refractivity contribution is 7.99. The Morgan fingerprint density at radius 3 is 2.82 bits per heavy atom. The van der Waals surface area contributed by atoms with Gasteiger partial charge < -0.3 is 5.32 Å². The average molecular weight is 251 g/mol. The van der Waals surface area contributed by atoms with Gasteiger partial charge in [-0.15, -0.1) is 0 Å². The first-order valence-corrected chi connectivity index (χ1v) is 7.54. The van der Waals surface area contributed by atoms with Gasteiger partial charge >= 0.3 is 0 Å². The van der Waals surface area contributed by atoms with Crippen molar-refractivity contribution >= 4 is 17.6 Å². The quantitative estimate of drug-likeness (QED) is 0.892. The second kappa shape index (κ2) is 6.24. The molecule has 0 amide bonds. The minimum absolute atomic E-state index is 0.463. The van der Waals surface area contributed by atoms with E-state index in [1.165, 1.54) is 24.3 Å². The van der Waals surface area contributed by atoms with Crippen LogP contribution in [0.4, 0.5) is 5.82 Å². The minimum Gasteiger partial charge on any atom is -0.370 e. The lowest BCUT2D eigenvalue weighted by atomic mass is 10.0. The van der Waals surface area contributed by atoms with Crippen LogP contribution in [-0.4, -0.2) is 28.0 Å². The predicted octanol–water partition coefficient (Wildman–Crippen LogP) is 3.16. The predicted molar refractivity (Wildman–Crippen MR) is 74.7 cm³/mol. The van der Waals surface area contributed by atoms with Gasteiger partial charge in [-0.1, -0.05) is 13.8 Å². The van der Waals surface area contributed by atoms with E-state index in [-0.39, 0.29) is 0 Å². The van der Waals surface area contributed by atoms with Crippen molar-refractivity contribution in [3.63, 3.8) is 0 Å². The number of hydrogen-bond donors (Lipinski definition) is 1. The van der Waals surface area contributed by atoms with Crippen molar-refractivity contribution in [1.29, 1.82) is 0 Å². The summed E-state index contributed by atoms with van der Waals surface area (Å²) in [6, 6.07) is 2.07. The van der Waals surface area contributed by atoms with Gasteiger partial charge in [0.15, 0.2) is 0 Å². The average Bonchev–Trinajstić information content (AvgIpc) is 2.38. The zero-order valence-electron chi connectivity index (χ0n) is 10.6. The molecule has 0 bridgehead atoms. The number of nitrogens with one attached hydrogen (secondary N) is 1. The molecule has 1 aliphatic rings. The third-order valence-corrected chi connectivity index (χ3v) is 4.24. The number of aromatic nitrogens is 2. The Bertz CT molecular complexity index is 348. The number of nitrogens with zero attached hydrogens (tertiary/aromatic N) is 2. The van der Waals surface area contributed by atoms with E-state index in [1.54, 1.807) is 6.33 Å². The Labute approximate surface area is 108 Å². The van der Waals surface area contributed by atoms with E-state index in [2.05, 4.69) is 47.0 Å². The second-order valence-corrected chi connectivity index (χ2v) is 6.14. The lowest BCUT2D eigenvalue weighted by Gasteiger charge is -2.21. The topological polar surface area (TPSA) is 37.8 Å². The van der Waals surface area contributed by atoms with Gasteiger partial charge in [0.05, 0.1) is 0 Å². The lowest BCUT2D eigenvalue weighted by Crippen LogP contribution is -2.19. The summed E-state index contributed by atoms with van der Waals surface area (Å²) in [6.07, 6.45) is 4.33. The van der Waals surface area contributed by atoms with E-state index in [1.807, 2.05) is 0 Å². The van der Waals surface area contributed by atoms with Crippen molar-refractivity contribution in [2.75, 3.05) is 23.4 Å². The van der Waals surface area contributed by atoms with E-state index >= 15 is 0 Å². The van der Waals surface area contributed by atoms with Crippen LogP contribution in [0, 0.1) is 5.92 Å². The van der Waals surface area contributed by atoms with Gasteiger partial charge in [-0.3, -0.25) is 0 Å². The summed E-state index contributed by atoms with van der Waals surface area (Å²) < 4.78 is 0. The smallest absolute Gasteiger partial charge is 0.129 e. The molecule has 0 radical (unpaired) electrons. The fourth-order valence-electron chi connectivity index (χ4n) is 1.98. The van der Waals surface area contributed by atoms with Crippen LogP contribution >= 0.6 is 11.8 Å². The first-order chi connectivity index (χ1) is 8.25. The van der Waals surface area contributed by atoms with Crippen molar-refractivity contribution in [2.24, 2.45) is 5.92 Å². The minimum atomic E-state index is 0.463. The van der Waals surface area contributed by atoms with Crippen LogP contribution < -0.4 is 5.32 Å². The van der Waals surface area contributed by atoms with E-state index in [0.717, 1.165) is 24.0 Å². The van der Waals surface area contributed by atoms with Gasteiger partial charge in [0.2, 0.25) is 0 Å². The van der Waals surface area contributed by atoms with Crippen LogP contribution in [0.5, 0.6) is 0 Å². The van der Waals surface area contributed by atoms with Gasteiger partial charge in [-0.2, -0.15) is 11.8 Å². The SMILES string of the molecule is CC(C)c1cc(NCC2CCSCC2)ncn1. The summed E-state index contributed by atoms with van der Waals surface area (Å²) in [5, 5.41) is 3.45. The lowest BCUT2D eigenvalue weighted by molar-refractivity contribution is 0.515. The summed E-state index contributed by atoms with van der Waals surface area (Å²) in [4.78, 5) is 8.56. The maximum Gasteiger partial charge on any atom is 0.129 e. The van der Waals surface area contributed by atoms with Crippen LogP contribution in [0.2, 0.25) is 0 Å². The molecule has 0 spiro atoms. The van der Waals surface area contributed by atoms with Gasteiger partial charge in [0, 0.05) is 18.3 Å². The molecule has 1 saturated heterocycles.